The number of carbonyl (C=O) groups is 2. The van der Waals surface area contributed by atoms with E-state index >= 15 is 0 Å². The molecule has 0 rings (SSSR count). The smallest absolute Gasteiger partial charge is 0.316 e. The molecule has 3 N–H and O–H groups in total. The predicted octanol–water partition coefficient (Wildman–Crippen LogP) is 0.294. The van der Waals surface area contributed by atoms with Crippen LogP contribution in [0, 0.1) is 0 Å². The van der Waals surface area contributed by atoms with Gasteiger partial charge in [0, 0.05) is 34.2 Å². The van der Waals surface area contributed by atoms with Crippen LogP contribution >= 0.6 is 0 Å². The average Bonchev–Trinajstić information content (AvgIpc) is 2.17. The van der Waals surface area contributed by atoms with Gasteiger partial charge >= 0.3 is 12.1 Å². The lowest BCUT2D eigenvalue weighted by molar-refractivity contribution is 0.218. The molecule has 6 heteroatoms. The van der Waals surface area contributed by atoms with Crippen LogP contribution in [0.15, 0.2) is 0 Å². The molecule has 0 aliphatic carbocycles. The van der Waals surface area contributed by atoms with Crippen molar-refractivity contribution in [1.29, 1.82) is 0 Å². The Morgan fingerprint density at radius 3 is 1.73 bits per heavy atom. The van der Waals surface area contributed by atoms with E-state index in [4.69, 9.17) is 5.73 Å². The van der Waals surface area contributed by atoms with Crippen LogP contribution in [0.1, 0.15) is 13.8 Å². The number of rotatable bonds is 2. The van der Waals surface area contributed by atoms with Gasteiger partial charge in [-0.2, -0.15) is 0 Å². The third-order valence-corrected chi connectivity index (χ3v) is 1.58. The molecule has 0 spiro atoms. The van der Waals surface area contributed by atoms with Gasteiger partial charge in [0.25, 0.3) is 0 Å². The summed E-state index contributed by atoms with van der Waals surface area (Å²) in [5, 5.41) is 2.63. The lowest BCUT2D eigenvalue weighted by Gasteiger charge is -2.09. The zero-order valence-electron chi connectivity index (χ0n) is 10.2. The Balaban J connectivity index is 0. The predicted molar refractivity (Wildman–Crippen MR) is 60.6 cm³/mol. The number of amides is 4. The first-order valence-electron chi connectivity index (χ1n) is 4.82. The molecule has 0 aromatic rings. The van der Waals surface area contributed by atoms with Crippen molar-refractivity contribution in [3.63, 3.8) is 0 Å². The quantitative estimate of drug-likeness (QED) is 0.699. The molecule has 4 amide bonds. The minimum absolute atomic E-state index is 0.0347. The fourth-order valence-corrected chi connectivity index (χ4v) is 0.465. The zero-order valence-corrected chi connectivity index (χ0v) is 10.2. The molecule has 0 radical (unpaired) electrons. The first kappa shape index (κ1) is 16.0. The van der Waals surface area contributed by atoms with Crippen molar-refractivity contribution in [2.24, 2.45) is 5.73 Å². The summed E-state index contributed by atoms with van der Waals surface area (Å²) >= 11 is 0. The summed E-state index contributed by atoms with van der Waals surface area (Å²) in [5.41, 5.74) is 4.83. The Labute approximate surface area is 91.4 Å². The maximum atomic E-state index is 10.6. The van der Waals surface area contributed by atoms with E-state index in [2.05, 4.69) is 5.32 Å². The van der Waals surface area contributed by atoms with Gasteiger partial charge in [-0.15, -0.1) is 0 Å². The summed E-state index contributed by atoms with van der Waals surface area (Å²) in [4.78, 5) is 23.6. The maximum Gasteiger partial charge on any atom is 0.316 e. The van der Waals surface area contributed by atoms with E-state index in [1.165, 1.54) is 9.80 Å². The van der Waals surface area contributed by atoms with Crippen LogP contribution in [0.4, 0.5) is 9.59 Å². The summed E-state index contributed by atoms with van der Waals surface area (Å²) in [5.74, 6) is 0. The van der Waals surface area contributed by atoms with Crippen LogP contribution in [0.3, 0.4) is 0 Å². The standard InChI is InChI=1S/C5H12N2O.C4H10N2O/c1-4-6-5(8)7(2)3;1-3-6(2)4(5)7/h4H2,1-3H3,(H,6,8);3H2,1-2H3,(H2,5,7). The van der Waals surface area contributed by atoms with Crippen LogP contribution in [0.5, 0.6) is 0 Å². The lowest BCUT2D eigenvalue weighted by atomic mass is 10.6. The Hall–Kier alpha value is -1.46. The van der Waals surface area contributed by atoms with Crippen molar-refractivity contribution in [3.8, 4) is 0 Å². The number of nitrogens with zero attached hydrogens (tertiary/aromatic N) is 2. The third kappa shape index (κ3) is 10.5. The molecule has 15 heavy (non-hydrogen) atoms. The normalized spacial score (nSPS) is 8.33. The Kier molecular flexibility index (Phi) is 9.71. The van der Waals surface area contributed by atoms with Crippen molar-refractivity contribution in [2.45, 2.75) is 13.8 Å². The SMILES string of the molecule is CCN(C)C(N)=O.CCNC(=O)N(C)C. The van der Waals surface area contributed by atoms with Crippen molar-refractivity contribution < 1.29 is 9.59 Å². The molecule has 0 unspecified atom stereocenters. The number of carbonyl (C=O) groups excluding carboxylic acids is 2. The summed E-state index contributed by atoms with van der Waals surface area (Å²) in [6.07, 6.45) is 0. The monoisotopic (exact) mass is 218 g/mol. The van der Waals surface area contributed by atoms with E-state index in [0.29, 0.717) is 13.1 Å². The van der Waals surface area contributed by atoms with Crippen molar-refractivity contribution in [1.82, 2.24) is 15.1 Å². The van der Waals surface area contributed by atoms with Crippen molar-refractivity contribution >= 4 is 12.1 Å². The molecule has 0 atom stereocenters. The summed E-state index contributed by atoms with van der Waals surface area (Å²) in [6, 6.07) is -0.407. The van der Waals surface area contributed by atoms with E-state index in [1.54, 1.807) is 21.1 Å². The number of hydrogen-bond acceptors (Lipinski definition) is 2. The van der Waals surface area contributed by atoms with E-state index in [-0.39, 0.29) is 12.1 Å². The minimum atomic E-state index is -0.373. The van der Waals surface area contributed by atoms with Gasteiger partial charge in [-0.1, -0.05) is 0 Å². The van der Waals surface area contributed by atoms with E-state index in [0.717, 1.165) is 0 Å². The zero-order chi connectivity index (χ0) is 12.4. The van der Waals surface area contributed by atoms with Gasteiger partial charge in [-0.05, 0) is 13.8 Å². The molecule has 0 fully saturated rings. The minimum Gasteiger partial charge on any atom is -0.352 e. The average molecular weight is 218 g/mol. The highest BCUT2D eigenvalue weighted by Crippen LogP contribution is 1.75. The first-order valence-corrected chi connectivity index (χ1v) is 4.82. The van der Waals surface area contributed by atoms with Gasteiger partial charge in [-0.25, -0.2) is 9.59 Å². The molecular formula is C9H22N4O2. The highest BCUT2D eigenvalue weighted by molar-refractivity contribution is 5.73. The summed E-state index contributed by atoms with van der Waals surface area (Å²) in [7, 11) is 5.08. The third-order valence-electron chi connectivity index (χ3n) is 1.58. The summed E-state index contributed by atoms with van der Waals surface area (Å²) < 4.78 is 0. The number of nitrogens with two attached hydrogens (primary N) is 1. The van der Waals surface area contributed by atoms with Crippen LogP contribution in [0.25, 0.3) is 0 Å². The van der Waals surface area contributed by atoms with E-state index < -0.39 is 0 Å². The fourth-order valence-electron chi connectivity index (χ4n) is 0.465. The number of urea groups is 2. The van der Waals surface area contributed by atoms with Crippen LogP contribution < -0.4 is 11.1 Å². The van der Waals surface area contributed by atoms with Gasteiger partial charge < -0.3 is 20.9 Å². The Morgan fingerprint density at radius 1 is 1.20 bits per heavy atom. The second-order valence-corrected chi connectivity index (χ2v) is 3.08. The lowest BCUT2D eigenvalue weighted by Crippen LogP contribution is -2.34. The van der Waals surface area contributed by atoms with Crippen LogP contribution in [-0.2, 0) is 0 Å². The molecule has 0 aliphatic heterocycles. The van der Waals surface area contributed by atoms with Crippen LogP contribution in [-0.4, -0.2) is 56.1 Å². The Bertz CT molecular complexity index is 195. The molecule has 90 valence electrons. The number of nitrogens with one attached hydrogen (secondary N) is 1. The highest BCUT2D eigenvalue weighted by atomic mass is 16.2. The molecule has 0 aromatic heterocycles. The molecule has 0 aliphatic rings. The number of primary amides is 1. The first-order chi connectivity index (χ1) is 6.86. The number of hydrogen-bond donors (Lipinski definition) is 2. The molecule has 0 aromatic carbocycles. The molecule has 0 saturated heterocycles. The van der Waals surface area contributed by atoms with Gasteiger partial charge in [0.05, 0.1) is 0 Å². The van der Waals surface area contributed by atoms with Crippen molar-refractivity contribution in [2.75, 3.05) is 34.2 Å². The summed E-state index contributed by atoms with van der Waals surface area (Å²) in [6.45, 7) is 5.12. The van der Waals surface area contributed by atoms with Gasteiger partial charge in [0.2, 0.25) is 0 Å². The van der Waals surface area contributed by atoms with Gasteiger partial charge in [0.1, 0.15) is 0 Å². The van der Waals surface area contributed by atoms with Gasteiger partial charge in [0.15, 0.2) is 0 Å². The molecule has 6 nitrogen and oxygen atoms in total. The molecular weight excluding hydrogens is 196 g/mol. The molecule has 0 heterocycles. The van der Waals surface area contributed by atoms with E-state index in [1.807, 2.05) is 13.8 Å². The molecule has 0 saturated carbocycles. The Morgan fingerprint density at radius 2 is 1.67 bits per heavy atom. The van der Waals surface area contributed by atoms with Crippen LogP contribution in [0.2, 0.25) is 0 Å². The largest absolute Gasteiger partial charge is 0.352 e. The fraction of sp³-hybridized carbons (Fsp3) is 0.778. The van der Waals surface area contributed by atoms with Gasteiger partial charge in [-0.3, -0.25) is 0 Å². The topological polar surface area (TPSA) is 78.7 Å². The second-order valence-electron chi connectivity index (χ2n) is 3.08. The second kappa shape index (κ2) is 9.11. The van der Waals surface area contributed by atoms with Crippen molar-refractivity contribution in [3.05, 3.63) is 0 Å². The molecule has 0 bridgehead atoms. The van der Waals surface area contributed by atoms with E-state index in [9.17, 15) is 9.59 Å². The highest BCUT2D eigenvalue weighted by Gasteiger charge is 1.96. The maximum absolute atomic E-state index is 10.6.